The van der Waals surface area contributed by atoms with Crippen molar-refractivity contribution in [1.29, 1.82) is 0 Å². The van der Waals surface area contributed by atoms with Crippen LogP contribution in [0.1, 0.15) is 68.7 Å². The summed E-state index contributed by atoms with van der Waals surface area (Å²) in [4.78, 5) is 38.1. The van der Waals surface area contributed by atoms with Gasteiger partial charge in [0.2, 0.25) is 5.78 Å². The average Bonchev–Trinajstić information content (AvgIpc) is 2.88. The Bertz CT molecular complexity index is 1180. The van der Waals surface area contributed by atoms with Crippen LogP contribution in [-0.2, 0) is 22.4 Å². The first-order valence-corrected chi connectivity index (χ1v) is 11.6. The van der Waals surface area contributed by atoms with E-state index in [0.717, 1.165) is 25.9 Å². The van der Waals surface area contributed by atoms with Gasteiger partial charge in [0.1, 0.15) is 23.9 Å². The lowest BCUT2D eigenvalue weighted by Gasteiger charge is -2.29. The van der Waals surface area contributed by atoms with Crippen molar-refractivity contribution in [3.05, 3.63) is 51.6 Å². The summed E-state index contributed by atoms with van der Waals surface area (Å²) < 4.78 is 10.0. The molecule has 2 aliphatic carbocycles. The van der Waals surface area contributed by atoms with E-state index in [9.17, 15) is 24.6 Å². The fourth-order valence-electron chi connectivity index (χ4n) is 4.93. The summed E-state index contributed by atoms with van der Waals surface area (Å²) in [6.07, 6.45) is 3.29. The number of benzene rings is 2. The Hall–Kier alpha value is -3.27. The predicted molar refractivity (Wildman–Crippen MR) is 123 cm³/mol. The van der Waals surface area contributed by atoms with Crippen LogP contribution >= 0.6 is 0 Å². The maximum absolute atomic E-state index is 13.1. The van der Waals surface area contributed by atoms with Crippen molar-refractivity contribution in [2.24, 2.45) is 5.92 Å². The number of carbonyl (C=O) groups is 3. The van der Waals surface area contributed by atoms with Gasteiger partial charge < -0.3 is 29.9 Å². The standard InChI is InChI=1S/C21H18O7.C5H10O2/c1-28-14-4-2-3-11-15(14)21(27)17-16(19(11)25)20(26)12-7-9(13(23)8-22)5-6-10(12)18(17)24;6-5-3-1-2-4-7-5/h2-4,9,22,24,26H,5-8H2,1H3;5-6H,1-4H2. The van der Waals surface area contributed by atoms with Gasteiger partial charge in [0.25, 0.3) is 0 Å². The predicted octanol–water partition coefficient (Wildman–Crippen LogP) is 2.05. The minimum Gasteiger partial charge on any atom is -0.507 e. The van der Waals surface area contributed by atoms with Gasteiger partial charge in [-0.25, -0.2) is 0 Å². The van der Waals surface area contributed by atoms with Crippen LogP contribution in [0.4, 0.5) is 0 Å². The first-order chi connectivity index (χ1) is 16.8. The SMILES string of the molecule is COc1cccc2c1C(=O)c1c(O)c3c(c(O)c1C2=O)CC(C(=O)CO)CC3.OC1CCCCO1. The molecule has 0 spiro atoms. The number of hydrogen-bond acceptors (Lipinski definition) is 9. The van der Waals surface area contributed by atoms with Gasteiger partial charge in [-0.1, -0.05) is 12.1 Å². The van der Waals surface area contributed by atoms with E-state index in [1.807, 2.05) is 0 Å². The Balaban J connectivity index is 0.000000356. The number of fused-ring (bicyclic) bond motifs is 3. The molecule has 0 radical (unpaired) electrons. The highest BCUT2D eigenvalue weighted by Crippen LogP contribution is 2.47. The molecule has 0 amide bonds. The molecule has 0 saturated carbocycles. The first kappa shape index (κ1) is 24.8. The van der Waals surface area contributed by atoms with Crippen LogP contribution in [0.2, 0.25) is 0 Å². The highest BCUT2D eigenvalue weighted by Gasteiger charge is 2.40. The quantitative estimate of drug-likeness (QED) is 0.410. The van der Waals surface area contributed by atoms with E-state index in [0.29, 0.717) is 12.0 Å². The van der Waals surface area contributed by atoms with Crippen LogP contribution in [0.3, 0.4) is 0 Å². The second-order valence-electron chi connectivity index (χ2n) is 8.83. The number of aromatic hydroxyl groups is 2. The number of methoxy groups -OCH3 is 1. The Kier molecular flexibility index (Phi) is 7.20. The van der Waals surface area contributed by atoms with Crippen LogP contribution in [0.15, 0.2) is 18.2 Å². The van der Waals surface area contributed by atoms with Crippen LogP contribution in [0.5, 0.6) is 17.2 Å². The Labute approximate surface area is 201 Å². The van der Waals surface area contributed by atoms with Gasteiger partial charge in [-0.05, 0) is 44.6 Å². The molecule has 2 atom stereocenters. The minimum absolute atomic E-state index is 0.0568. The lowest BCUT2D eigenvalue weighted by atomic mass is 9.75. The van der Waals surface area contributed by atoms with Gasteiger partial charge >= 0.3 is 0 Å². The molecule has 2 aromatic carbocycles. The van der Waals surface area contributed by atoms with E-state index < -0.39 is 30.4 Å². The molecule has 2 aromatic rings. The van der Waals surface area contributed by atoms with Crippen molar-refractivity contribution in [3.63, 3.8) is 0 Å². The van der Waals surface area contributed by atoms with Gasteiger partial charge in [0, 0.05) is 29.2 Å². The van der Waals surface area contributed by atoms with Crippen molar-refractivity contribution < 1.29 is 44.3 Å². The number of aliphatic hydroxyl groups is 2. The molecular formula is C26H28O9. The topological polar surface area (TPSA) is 151 Å². The van der Waals surface area contributed by atoms with Gasteiger partial charge in [-0.2, -0.15) is 0 Å². The number of phenols is 2. The monoisotopic (exact) mass is 484 g/mol. The molecule has 1 aliphatic heterocycles. The number of aliphatic hydroxyl groups excluding tert-OH is 2. The summed E-state index contributed by atoms with van der Waals surface area (Å²) in [5.74, 6) is -2.56. The summed E-state index contributed by atoms with van der Waals surface area (Å²) in [6, 6.07) is 4.59. The molecule has 1 saturated heterocycles. The molecule has 3 aliphatic rings. The van der Waals surface area contributed by atoms with E-state index in [2.05, 4.69) is 0 Å². The van der Waals surface area contributed by atoms with Crippen molar-refractivity contribution in [2.75, 3.05) is 20.3 Å². The smallest absolute Gasteiger partial charge is 0.202 e. The number of hydrogen-bond donors (Lipinski definition) is 4. The summed E-state index contributed by atoms with van der Waals surface area (Å²) in [6.45, 7) is 0.128. The largest absolute Gasteiger partial charge is 0.507 e. The van der Waals surface area contributed by atoms with Crippen molar-refractivity contribution in [3.8, 4) is 17.2 Å². The second kappa shape index (κ2) is 10.2. The van der Waals surface area contributed by atoms with Crippen LogP contribution < -0.4 is 4.74 Å². The van der Waals surface area contributed by atoms with Crippen LogP contribution in [-0.4, -0.2) is 64.4 Å². The summed E-state index contributed by atoms with van der Waals surface area (Å²) in [7, 11) is 1.38. The van der Waals surface area contributed by atoms with E-state index in [1.165, 1.54) is 13.2 Å². The third kappa shape index (κ3) is 4.42. The molecule has 4 N–H and O–H groups in total. The van der Waals surface area contributed by atoms with Crippen LogP contribution in [0.25, 0.3) is 0 Å². The number of phenolic OH excluding ortho intramolecular Hbond substituents is 2. The van der Waals surface area contributed by atoms with Crippen molar-refractivity contribution >= 4 is 17.3 Å². The normalized spacial score (nSPS) is 20.7. The molecular weight excluding hydrogens is 456 g/mol. The average molecular weight is 485 g/mol. The fourth-order valence-corrected chi connectivity index (χ4v) is 4.93. The fraction of sp³-hybridized carbons (Fsp3) is 0.423. The van der Waals surface area contributed by atoms with E-state index in [-0.39, 0.29) is 63.7 Å². The van der Waals surface area contributed by atoms with Gasteiger partial charge in [0.15, 0.2) is 17.9 Å². The van der Waals surface area contributed by atoms with Crippen molar-refractivity contribution in [2.45, 2.75) is 44.8 Å². The van der Waals surface area contributed by atoms with E-state index >= 15 is 0 Å². The lowest BCUT2D eigenvalue weighted by molar-refractivity contribution is -0.126. The lowest BCUT2D eigenvalue weighted by Crippen LogP contribution is -2.28. The molecule has 2 unspecified atom stereocenters. The highest BCUT2D eigenvalue weighted by molar-refractivity contribution is 6.31. The van der Waals surface area contributed by atoms with Crippen LogP contribution in [0, 0.1) is 5.92 Å². The number of carbonyl (C=O) groups excluding carboxylic acids is 3. The molecule has 186 valence electrons. The van der Waals surface area contributed by atoms with Gasteiger partial charge in [-0.15, -0.1) is 0 Å². The molecule has 9 nitrogen and oxygen atoms in total. The third-order valence-electron chi connectivity index (χ3n) is 6.79. The summed E-state index contributed by atoms with van der Waals surface area (Å²) in [5.41, 5.74) is 0.301. The number of ketones is 3. The first-order valence-electron chi connectivity index (χ1n) is 11.6. The number of rotatable bonds is 3. The molecule has 0 bridgehead atoms. The zero-order chi connectivity index (χ0) is 25.3. The maximum atomic E-state index is 13.1. The highest BCUT2D eigenvalue weighted by atomic mass is 16.6. The number of ether oxygens (including phenoxy) is 2. The molecule has 9 heteroatoms. The van der Waals surface area contributed by atoms with Crippen molar-refractivity contribution in [1.82, 2.24) is 0 Å². The second-order valence-corrected chi connectivity index (χ2v) is 8.83. The number of Topliss-reactive ketones (excluding diaryl/α,β-unsaturated/α-hetero) is 1. The zero-order valence-electron chi connectivity index (χ0n) is 19.4. The third-order valence-corrected chi connectivity index (χ3v) is 6.79. The summed E-state index contributed by atoms with van der Waals surface area (Å²) in [5, 5.41) is 39.4. The Morgan fingerprint density at radius 3 is 2.34 bits per heavy atom. The van der Waals surface area contributed by atoms with Gasteiger partial charge in [0.05, 0.1) is 23.8 Å². The molecule has 1 heterocycles. The molecule has 0 aromatic heterocycles. The van der Waals surface area contributed by atoms with E-state index in [1.54, 1.807) is 12.1 Å². The Morgan fingerprint density at radius 2 is 1.74 bits per heavy atom. The Morgan fingerprint density at radius 1 is 1.03 bits per heavy atom. The maximum Gasteiger partial charge on any atom is 0.202 e. The summed E-state index contributed by atoms with van der Waals surface area (Å²) >= 11 is 0. The van der Waals surface area contributed by atoms with E-state index in [4.69, 9.17) is 19.7 Å². The van der Waals surface area contributed by atoms with Gasteiger partial charge in [-0.3, -0.25) is 14.4 Å². The minimum atomic E-state index is -0.609. The molecule has 35 heavy (non-hydrogen) atoms. The molecule has 1 fully saturated rings. The molecule has 5 rings (SSSR count). The zero-order valence-corrected chi connectivity index (χ0v) is 19.4.